The van der Waals surface area contributed by atoms with Gasteiger partial charge in [0.25, 0.3) is 0 Å². The molecule has 1 saturated heterocycles. The number of carbonyl (C=O) groups excluding carboxylic acids is 3. The Kier molecular flexibility index (Phi) is 7.81. The van der Waals surface area contributed by atoms with Crippen LogP contribution in [-0.4, -0.2) is 53.8 Å². The van der Waals surface area contributed by atoms with Crippen LogP contribution in [0.1, 0.15) is 31.9 Å². The number of hydrogen-bond acceptors (Lipinski definition) is 3. The van der Waals surface area contributed by atoms with E-state index < -0.39 is 6.04 Å². The lowest BCUT2D eigenvalue weighted by Crippen LogP contribution is -2.54. The van der Waals surface area contributed by atoms with Gasteiger partial charge in [0.15, 0.2) is 0 Å². The van der Waals surface area contributed by atoms with Gasteiger partial charge in [0, 0.05) is 38.3 Å². The molecule has 4 amide bonds. The van der Waals surface area contributed by atoms with Crippen LogP contribution < -0.4 is 10.6 Å². The van der Waals surface area contributed by atoms with Crippen molar-refractivity contribution in [1.82, 2.24) is 15.1 Å². The third kappa shape index (κ3) is 6.29. The summed E-state index contributed by atoms with van der Waals surface area (Å²) in [5, 5.41) is 5.61. The minimum atomic E-state index is -0.762. The average Bonchev–Trinajstić information content (AvgIpc) is 2.79. The molecule has 1 fully saturated rings. The SMILES string of the molecule is CC(C)CC(=O)NC(C(=O)N1CCN(C(=O)Nc2ccc(F)cc2)CC1)c1ccccc1. The van der Waals surface area contributed by atoms with E-state index in [1.807, 2.05) is 44.2 Å². The molecular weight excluding hydrogens is 411 g/mol. The highest BCUT2D eigenvalue weighted by atomic mass is 19.1. The molecule has 0 aliphatic carbocycles. The average molecular weight is 441 g/mol. The zero-order valence-electron chi connectivity index (χ0n) is 18.4. The van der Waals surface area contributed by atoms with Crippen molar-refractivity contribution in [2.45, 2.75) is 26.3 Å². The van der Waals surface area contributed by atoms with Crippen LogP contribution in [0.15, 0.2) is 54.6 Å². The molecule has 0 saturated carbocycles. The van der Waals surface area contributed by atoms with E-state index in [2.05, 4.69) is 10.6 Å². The van der Waals surface area contributed by atoms with Crippen LogP contribution in [0.4, 0.5) is 14.9 Å². The van der Waals surface area contributed by atoms with Crippen molar-refractivity contribution in [1.29, 1.82) is 0 Å². The molecule has 1 heterocycles. The number of carbonyl (C=O) groups is 3. The van der Waals surface area contributed by atoms with Crippen molar-refractivity contribution in [3.63, 3.8) is 0 Å². The first-order valence-electron chi connectivity index (χ1n) is 10.8. The molecule has 2 N–H and O–H groups in total. The van der Waals surface area contributed by atoms with Crippen LogP contribution >= 0.6 is 0 Å². The molecule has 1 atom stereocenters. The number of nitrogens with one attached hydrogen (secondary N) is 2. The molecule has 0 bridgehead atoms. The second kappa shape index (κ2) is 10.7. The number of urea groups is 1. The van der Waals surface area contributed by atoms with Crippen LogP contribution in [0.3, 0.4) is 0 Å². The van der Waals surface area contributed by atoms with Gasteiger partial charge in [-0.1, -0.05) is 44.2 Å². The zero-order valence-corrected chi connectivity index (χ0v) is 18.4. The molecule has 0 radical (unpaired) electrons. The molecule has 2 aromatic carbocycles. The predicted molar refractivity (Wildman–Crippen MR) is 120 cm³/mol. The maximum atomic E-state index is 13.3. The summed E-state index contributed by atoms with van der Waals surface area (Å²) in [6.45, 7) is 5.35. The lowest BCUT2D eigenvalue weighted by atomic mass is 10.0. The monoisotopic (exact) mass is 440 g/mol. The summed E-state index contributed by atoms with van der Waals surface area (Å²) in [5.74, 6) is -0.542. The van der Waals surface area contributed by atoms with Gasteiger partial charge in [-0.25, -0.2) is 9.18 Å². The number of benzene rings is 2. The number of nitrogens with zero attached hydrogens (tertiary/aromatic N) is 2. The third-order valence-corrected chi connectivity index (χ3v) is 5.25. The fourth-order valence-electron chi connectivity index (χ4n) is 3.57. The van der Waals surface area contributed by atoms with Crippen molar-refractivity contribution >= 4 is 23.5 Å². The largest absolute Gasteiger partial charge is 0.341 e. The molecule has 0 spiro atoms. The van der Waals surface area contributed by atoms with Crippen molar-refractivity contribution in [2.75, 3.05) is 31.5 Å². The van der Waals surface area contributed by atoms with Gasteiger partial charge in [0.1, 0.15) is 11.9 Å². The third-order valence-electron chi connectivity index (χ3n) is 5.25. The minimum absolute atomic E-state index is 0.167. The Labute approximate surface area is 187 Å². The highest BCUT2D eigenvalue weighted by Crippen LogP contribution is 2.19. The predicted octanol–water partition coefficient (Wildman–Crippen LogP) is 3.41. The standard InChI is InChI=1S/C24H29FN4O3/c1-17(2)16-21(30)27-22(18-6-4-3-5-7-18)23(31)28-12-14-29(15-13-28)24(32)26-20-10-8-19(25)9-11-20/h3-11,17,22H,12-16H2,1-2H3,(H,26,32)(H,27,30). The summed E-state index contributed by atoms with van der Waals surface area (Å²) in [6.07, 6.45) is 0.341. The van der Waals surface area contributed by atoms with Crippen LogP contribution in [0.5, 0.6) is 0 Å². The fourth-order valence-corrected chi connectivity index (χ4v) is 3.57. The number of anilines is 1. The number of rotatable bonds is 6. The van der Waals surface area contributed by atoms with E-state index in [1.54, 1.807) is 9.80 Å². The molecule has 2 aromatic rings. The van der Waals surface area contributed by atoms with Gasteiger partial charge in [-0.2, -0.15) is 0 Å². The molecule has 7 nitrogen and oxygen atoms in total. The summed E-state index contributed by atoms with van der Waals surface area (Å²) in [7, 11) is 0. The highest BCUT2D eigenvalue weighted by Gasteiger charge is 2.31. The van der Waals surface area contributed by atoms with E-state index in [1.165, 1.54) is 24.3 Å². The van der Waals surface area contributed by atoms with E-state index >= 15 is 0 Å². The van der Waals surface area contributed by atoms with E-state index in [4.69, 9.17) is 0 Å². The molecule has 1 aliphatic rings. The summed E-state index contributed by atoms with van der Waals surface area (Å²) >= 11 is 0. The van der Waals surface area contributed by atoms with E-state index in [0.717, 1.165) is 5.56 Å². The first-order chi connectivity index (χ1) is 15.3. The first kappa shape index (κ1) is 23.2. The quantitative estimate of drug-likeness (QED) is 0.722. The van der Waals surface area contributed by atoms with Gasteiger partial charge < -0.3 is 20.4 Å². The second-order valence-corrected chi connectivity index (χ2v) is 8.26. The normalized spacial score (nSPS) is 14.8. The van der Waals surface area contributed by atoms with Gasteiger partial charge in [0.2, 0.25) is 11.8 Å². The Hall–Kier alpha value is -3.42. The van der Waals surface area contributed by atoms with E-state index in [0.29, 0.717) is 38.3 Å². The number of piperazine rings is 1. The summed E-state index contributed by atoms with van der Waals surface area (Å²) in [6, 6.07) is 13.7. The Morgan fingerprint density at radius 2 is 1.50 bits per heavy atom. The summed E-state index contributed by atoms with van der Waals surface area (Å²) in [5.41, 5.74) is 1.23. The Balaban J connectivity index is 1.61. The van der Waals surface area contributed by atoms with Crippen LogP contribution in [0.25, 0.3) is 0 Å². The fraction of sp³-hybridized carbons (Fsp3) is 0.375. The maximum absolute atomic E-state index is 13.3. The van der Waals surface area contributed by atoms with Gasteiger partial charge in [-0.15, -0.1) is 0 Å². The molecule has 3 rings (SSSR count). The molecular formula is C24H29FN4O3. The van der Waals surface area contributed by atoms with Crippen molar-refractivity contribution < 1.29 is 18.8 Å². The van der Waals surface area contributed by atoms with Crippen molar-refractivity contribution in [3.8, 4) is 0 Å². The second-order valence-electron chi connectivity index (χ2n) is 8.26. The smallest absolute Gasteiger partial charge is 0.321 e. The number of amides is 4. The highest BCUT2D eigenvalue weighted by molar-refractivity contribution is 5.90. The first-order valence-corrected chi connectivity index (χ1v) is 10.8. The minimum Gasteiger partial charge on any atom is -0.341 e. The summed E-state index contributed by atoms with van der Waals surface area (Å²) < 4.78 is 13.0. The molecule has 170 valence electrons. The van der Waals surface area contributed by atoms with Crippen LogP contribution in [0, 0.1) is 11.7 Å². The molecule has 32 heavy (non-hydrogen) atoms. The van der Waals surface area contributed by atoms with E-state index in [-0.39, 0.29) is 29.6 Å². The molecule has 1 aliphatic heterocycles. The Bertz CT molecular complexity index is 926. The maximum Gasteiger partial charge on any atom is 0.321 e. The molecule has 0 aromatic heterocycles. The number of halogens is 1. The van der Waals surface area contributed by atoms with Gasteiger partial charge >= 0.3 is 6.03 Å². The zero-order chi connectivity index (χ0) is 23.1. The van der Waals surface area contributed by atoms with Crippen LogP contribution in [0.2, 0.25) is 0 Å². The van der Waals surface area contributed by atoms with Gasteiger partial charge in [0.05, 0.1) is 0 Å². The summed E-state index contributed by atoms with van der Waals surface area (Å²) in [4.78, 5) is 41.5. The lowest BCUT2D eigenvalue weighted by molar-refractivity contribution is -0.138. The van der Waals surface area contributed by atoms with E-state index in [9.17, 15) is 18.8 Å². The van der Waals surface area contributed by atoms with Gasteiger partial charge in [-0.05, 0) is 35.7 Å². The lowest BCUT2D eigenvalue weighted by Gasteiger charge is -2.36. The number of hydrogen-bond donors (Lipinski definition) is 2. The topological polar surface area (TPSA) is 81.8 Å². The molecule has 1 unspecified atom stereocenters. The molecule has 8 heteroatoms. The van der Waals surface area contributed by atoms with Crippen LogP contribution in [-0.2, 0) is 9.59 Å². The van der Waals surface area contributed by atoms with Crippen molar-refractivity contribution in [2.24, 2.45) is 5.92 Å². The van der Waals surface area contributed by atoms with Gasteiger partial charge in [-0.3, -0.25) is 9.59 Å². The van der Waals surface area contributed by atoms with Crippen molar-refractivity contribution in [3.05, 3.63) is 66.0 Å². The Morgan fingerprint density at radius 1 is 0.906 bits per heavy atom. The Morgan fingerprint density at radius 3 is 2.09 bits per heavy atom.